The van der Waals surface area contributed by atoms with Gasteiger partial charge in [0.1, 0.15) is 0 Å². The third-order valence-corrected chi connectivity index (χ3v) is 4.06. The molecular formula is C14H17NO2. The molecule has 0 aromatic heterocycles. The maximum absolute atomic E-state index is 11.1. The maximum atomic E-state index is 11.1. The van der Waals surface area contributed by atoms with Gasteiger partial charge in [0.2, 0.25) is 0 Å². The van der Waals surface area contributed by atoms with Gasteiger partial charge in [-0.05, 0) is 42.9 Å². The van der Waals surface area contributed by atoms with Crippen LogP contribution in [0.1, 0.15) is 35.2 Å². The van der Waals surface area contributed by atoms with Gasteiger partial charge in [0.25, 0.3) is 0 Å². The van der Waals surface area contributed by atoms with Gasteiger partial charge in [-0.25, -0.2) is 4.79 Å². The number of fused-ring (bicyclic) bond motifs is 1. The van der Waals surface area contributed by atoms with Crippen molar-refractivity contribution in [1.82, 2.24) is 0 Å². The Hall–Kier alpha value is -1.51. The molecule has 3 nitrogen and oxygen atoms in total. The molecule has 0 radical (unpaired) electrons. The summed E-state index contributed by atoms with van der Waals surface area (Å²) in [7, 11) is 0. The van der Waals surface area contributed by atoms with Crippen molar-refractivity contribution in [1.29, 1.82) is 0 Å². The molecule has 1 heterocycles. The van der Waals surface area contributed by atoms with Gasteiger partial charge in [0.15, 0.2) is 0 Å². The molecule has 0 spiro atoms. The molecule has 1 fully saturated rings. The van der Waals surface area contributed by atoms with Crippen LogP contribution in [0.5, 0.6) is 0 Å². The van der Waals surface area contributed by atoms with Crippen molar-refractivity contribution in [3.05, 3.63) is 29.3 Å². The normalized spacial score (nSPS) is 18.9. The third kappa shape index (κ3) is 1.79. The standard InChI is InChI=1S/C14H17NO2/c16-14(17)12-5-2-6-13-11(12)7-8-15(13)9-10-3-1-4-10/h2,5-6,10H,1,3-4,7-9H2,(H,16,17). The lowest BCUT2D eigenvalue weighted by atomic mass is 9.85. The summed E-state index contributed by atoms with van der Waals surface area (Å²) < 4.78 is 0. The summed E-state index contributed by atoms with van der Waals surface area (Å²) >= 11 is 0. The van der Waals surface area contributed by atoms with E-state index >= 15 is 0 Å². The van der Waals surface area contributed by atoms with Crippen LogP contribution in [0.15, 0.2) is 18.2 Å². The Bertz CT molecular complexity index is 452. The van der Waals surface area contributed by atoms with Crippen molar-refractivity contribution in [3.63, 3.8) is 0 Å². The topological polar surface area (TPSA) is 40.5 Å². The first-order chi connectivity index (χ1) is 8.25. The first-order valence-corrected chi connectivity index (χ1v) is 6.36. The quantitative estimate of drug-likeness (QED) is 0.869. The number of carboxylic acids is 1. The second kappa shape index (κ2) is 4.06. The van der Waals surface area contributed by atoms with E-state index in [1.54, 1.807) is 6.07 Å². The Labute approximate surface area is 101 Å². The lowest BCUT2D eigenvalue weighted by Gasteiger charge is -2.31. The van der Waals surface area contributed by atoms with Crippen molar-refractivity contribution >= 4 is 11.7 Å². The van der Waals surface area contributed by atoms with Crippen molar-refractivity contribution in [2.75, 3.05) is 18.0 Å². The molecule has 1 N–H and O–H groups in total. The molecule has 1 aliphatic carbocycles. The monoisotopic (exact) mass is 231 g/mol. The highest BCUT2D eigenvalue weighted by Gasteiger charge is 2.27. The Morgan fingerprint density at radius 3 is 2.88 bits per heavy atom. The minimum atomic E-state index is -0.799. The van der Waals surface area contributed by atoms with Crippen molar-refractivity contribution in [2.24, 2.45) is 5.92 Å². The number of nitrogens with zero attached hydrogens (tertiary/aromatic N) is 1. The van der Waals surface area contributed by atoms with Gasteiger partial charge in [-0.15, -0.1) is 0 Å². The van der Waals surface area contributed by atoms with E-state index in [0.717, 1.165) is 36.7 Å². The Morgan fingerprint density at radius 1 is 1.41 bits per heavy atom. The van der Waals surface area contributed by atoms with Crippen LogP contribution in [0.4, 0.5) is 5.69 Å². The molecule has 0 bridgehead atoms. The molecular weight excluding hydrogens is 214 g/mol. The molecule has 0 amide bonds. The number of carbonyl (C=O) groups is 1. The third-order valence-electron chi connectivity index (χ3n) is 4.06. The van der Waals surface area contributed by atoms with Crippen LogP contribution in [-0.4, -0.2) is 24.2 Å². The average molecular weight is 231 g/mol. The van der Waals surface area contributed by atoms with Crippen LogP contribution in [0.3, 0.4) is 0 Å². The molecule has 1 aromatic rings. The summed E-state index contributed by atoms with van der Waals surface area (Å²) in [5.74, 6) is 0.0294. The van der Waals surface area contributed by atoms with E-state index in [2.05, 4.69) is 11.0 Å². The minimum absolute atomic E-state index is 0.485. The van der Waals surface area contributed by atoms with E-state index in [9.17, 15) is 4.79 Å². The molecule has 90 valence electrons. The van der Waals surface area contributed by atoms with E-state index in [4.69, 9.17) is 5.11 Å². The average Bonchev–Trinajstić information content (AvgIpc) is 2.66. The van der Waals surface area contributed by atoms with Crippen LogP contribution in [0.2, 0.25) is 0 Å². The maximum Gasteiger partial charge on any atom is 0.336 e. The smallest absolute Gasteiger partial charge is 0.336 e. The number of hydrogen-bond donors (Lipinski definition) is 1. The predicted octanol–water partition coefficient (Wildman–Crippen LogP) is 2.55. The lowest BCUT2D eigenvalue weighted by molar-refractivity contribution is 0.0696. The Morgan fingerprint density at radius 2 is 2.24 bits per heavy atom. The van der Waals surface area contributed by atoms with Crippen LogP contribution >= 0.6 is 0 Å². The number of carboxylic acid groups (broad SMARTS) is 1. The van der Waals surface area contributed by atoms with E-state index in [0.29, 0.717) is 5.56 Å². The zero-order valence-corrected chi connectivity index (χ0v) is 9.85. The fraction of sp³-hybridized carbons (Fsp3) is 0.500. The molecule has 3 rings (SSSR count). The van der Waals surface area contributed by atoms with Crippen LogP contribution in [0.25, 0.3) is 0 Å². The van der Waals surface area contributed by atoms with Crippen molar-refractivity contribution < 1.29 is 9.90 Å². The highest BCUT2D eigenvalue weighted by molar-refractivity contribution is 5.92. The first-order valence-electron chi connectivity index (χ1n) is 6.36. The second-order valence-electron chi connectivity index (χ2n) is 5.10. The van der Waals surface area contributed by atoms with Gasteiger partial charge in [0, 0.05) is 18.8 Å². The largest absolute Gasteiger partial charge is 0.478 e. The summed E-state index contributed by atoms with van der Waals surface area (Å²) in [6, 6.07) is 5.64. The molecule has 0 unspecified atom stereocenters. The number of hydrogen-bond acceptors (Lipinski definition) is 2. The molecule has 3 heteroatoms. The number of anilines is 1. The summed E-state index contributed by atoms with van der Waals surface area (Å²) in [6.45, 7) is 2.09. The van der Waals surface area contributed by atoms with Gasteiger partial charge in [-0.3, -0.25) is 0 Å². The van der Waals surface area contributed by atoms with Gasteiger partial charge in [-0.1, -0.05) is 12.5 Å². The Kier molecular flexibility index (Phi) is 2.54. The summed E-state index contributed by atoms with van der Waals surface area (Å²) in [4.78, 5) is 13.5. The van der Waals surface area contributed by atoms with Gasteiger partial charge in [0.05, 0.1) is 5.56 Å². The van der Waals surface area contributed by atoms with Crippen LogP contribution < -0.4 is 4.90 Å². The highest BCUT2D eigenvalue weighted by atomic mass is 16.4. The molecule has 1 aliphatic heterocycles. The van der Waals surface area contributed by atoms with E-state index in [1.807, 2.05) is 6.07 Å². The summed E-state index contributed by atoms with van der Waals surface area (Å²) in [5, 5.41) is 9.16. The van der Waals surface area contributed by atoms with Gasteiger partial charge < -0.3 is 10.0 Å². The number of benzene rings is 1. The van der Waals surface area contributed by atoms with Crippen LogP contribution in [0, 0.1) is 5.92 Å². The number of aromatic carboxylic acids is 1. The fourth-order valence-corrected chi connectivity index (χ4v) is 2.88. The fourth-order valence-electron chi connectivity index (χ4n) is 2.88. The molecule has 1 saturated carbocycles. The number of rotatable bonds is 3. The van der Waals surface area contributed by atoms with Gasteiger partial charge in [-0.2, -0.15) is 0 Å². The zero-order valence-electron chi connectivity index (χ0n) is 9.85. The van der Waals surface area contributed by atoms with Crippen LogP contribution in [-0.2, 0) is 6.42 Å². The van der Waals surface area contributed by atoms with E-state index < -0.39 is 5.97 Å². The summed E-state index contributed by atoms with van der Waals surface area (Å²) in [5.41, 5.74) is 2.66. The molecule has 0 atom stereocenters. The predicted molar refractivity (Wildman–Crippen MR) is 66.7 cm³/mol. The lowest BCUT2D eigenvalue weighted by Crippen LogP contribution is -2.31. The molecule has 17 heavy (non-hydrogen) atoms. The molecule has 0 saturated heterocycles. The minimum Gasteiger partial charge on any atom is -0.478 e. The second-order valence-corrected chi connectivity index (χ2v) is 5.10. The van der Waals surface area contributed by atoms with E-state index in [1.165, 1.54) is 19.3 Å². The van der Waals surface area contributed by atoms with Crippen molar-refractivity contribution in [3.8, 4) is 0 Å². The highest BCUT2D eigenvalue weighted by Crippen LogP contribution is 2.34. The summed E-state index contributed by atoms with van der Waals surface area (Å²) in [6.07, 6.45) is 4.92. The van der Waals surface area contributed by atoms with E-state index in [-0.39, 0.29) is 0 Å². The van der Waals surface area contributed by atoms with Gasteiger partial charge >= 0.3 is 5.97 Å². The zero-order chi connectivity index (χ0) is 11.8. The van der Waals surface area contributed by atoms with Crippen molar-refractivity contribution in [2.45, 2.75) is 25.7 Å². The SMILES string of the molecule is O=C(O)c1cccc2c1CCN2CC1CCC1. The Balaban J connectivity index is 1.86. The molecule has 1 aromatic carbocycles. The first kappa shape index (κ1) is 10.6. The molecule has 2 aliphatic rings.